The minimum atomic E-state index is -4.65. The van der Waals surface area contributed by atoms with Crippen LogP contribution in [0.1, 0.15) is 22.3 Å². The van der Waals surface area contributed by atoms with Gasteiger partial charge in [-0.3, -0.25) is 0 Å². The fourth-order valence-corrected chi connectivity index (χ4v) is 5.11. The summed E-state index contributed by atoms with van der Waals surface area (Å²) < 4.78 is 51.5. The van der Waals surface area contributed by atoms with Crippen LogP contribution in [-0.2, 0) is 12.8 Å². The maximum absolute atomic E-state index is 14.7. The molecule has 4 aromatic carbocycles. The lowest BCUT2D eigenvalue weighted by atomic mass is 10.0. The second-order valence-corrected chi connectivity index (χ2v) is 11.1. The number of aryl methyl sites for hydroxylation is 2. The number of fused-ring (bicyclic) bond motifs is 1. The molecule has 0 aliphatic heterocycles. The molecule has 4 nitrogen and oxygen atoms in total. The van der Waals surface area contributed by atoms with Crippen LogP contribution in [0.4, 0.5) is 13.2 Å². The van der Waals surface area contributed by atoms with Gasteiger partial charge in [0.1, 0.15) is 18.1 Å². The summed E-state index contributed by atoms with van der Waals surface area (Å²) in [6.07, 6.45) is -4.65. The maximum atomic E-state index is 14.7. The number of benzene rings is 4. The van der Waals surface area contributed by atoms with E-state index < -0.39 is 11.7 Å². The van der Waals surface area contributed by atoms with Crippen LogP contribution in [0.5, 0.6) is 5.75 Å². The number of alkyl halides is 3. The van der Waals surface area contributed by atoms with Crippen LogP contribution in [0, 0.1) is 13.8 Å². The molecular formula is C34H24Cl2F3N3O. The SMILES string of the molecule is Cc1ccc(-c2nn(-c3ccc(C)cc3)c3nc(-c4ccc(OCc5ccc(Cl)c(Cl)c5)cc4)cc(C(F)(F)F)c23)cc1. The van der Waals surface area contributed by atoms with Crippen molar-refractivity contribution in [2.24, 2.45) is 0 Å². The molecule has 0 aliphatic carbocycles. The normalized spacial score (nSPS) is 11.7. The molecule has 6 aromatic rings. The van der Waals surface area contributed by atoms with Gasteiger partial charge in [0.2, 0.25) is 0 Å². The highest BCUT2D eigenvalue weighted by molar-refractivity contribution is 6.42. The molecule has 9 heteroatoms. The smallest absolute Gasteiger partial charge is 0.417 e. The van der Waals surface area contributed by atoms with Crippen LogP contribution in [0.25, 0.3) is 39.2 Å². The standard InChI is InChI=1S/C34H24Cl2F3N3O/c1-20-3-8-24(9-4-20)32-31-27(34(37,38)39)18-30(40-33(31)42(41-32)25-12-5-21(2)6-13-25)23-10-14-26(15-11-23)43-19-22-7-16-28(35)29(36)17-22/h3-18H,19H2,1-2H3. The third kappa shape index (κ3) is 5.96. The van der Waals surface area contributed by atoms with Gasteiger partial charge >= 0.3 is 6.18 Å². The first-order valence-electron chi connectivity index (χ1n) is 13.4. The maximum Gasteiger partial charge on any atom is 0.417 e. The molecule has 43 heavy (non-hydrogen) atoms. The van der Waals surface area contributed by atoms with Gasteiger partial charge in [-0.05, 0) is 74.0 Å². The van der Waals surface area contributed by atoms with Crippen molar-refractivity contribution in [3.05, 3.63) is 129 Å². The van der Waals surface area contributed by atoms with Crippen LogP contribution >= 0.6 is 23.2 Å². The van der Waals surface area contributed by atoms with Crippen molar-refractivity contribution in [3.63, 3.8) is 0 Å². The van der Waals surface area contributed by atoms with E-state index in [0.29, 0.717) is 32.6 Å². The zero-order chi connectivity index (χ0) is 30.3. The van der Waals surface area contributed by atoms with Crippen molar-refractivity contribution in [1.29, 1.82) is 0 Å². The predicted octanol–water partition coefficient (Wildman–Crippen LogP) is 10.3. The largest absolute Gasteiger partial charge is 0.489 e. The summed E-state index contributed by atoms with van der Waals surface area (Å²) in [7, 11) is 0. The van der Waals surface area contributed by atoms with Crippen LogP contribution < -0.4 is 4.74 Å². The molecule has 0 atom stereocenters. The van der Waals surface area contributed by atoms with E-state index in [1.165, 1.54) is 4.68 Å². The quantitative estimate of drug-likeness (QED) is 0.187. The lowest BCUT2D eigenvalue weighted by Gasteiger charge is -2.13. The molecule has 0 unspecified atom stereocenters. The molecule has 0 spiro atoms. The Morgan fingerprint density at radius 1 is 0.744 bits per heavy atom. The van der Waals surface area contributed by atoms with Crippen molar-refractivity contribution in [2.45, 2.75) is 26.6 Å². The summed E-state index contributed by atoms with van der Waals surface area (Å²) in [4.78, 5) is 4.76. The summed E-state index contributed by atoms with van der Waals surface area (Å²) >= 11 is 12.1. The first-order valence-corrected chi connectivity index (χ1v) is 14.1. The number of halogens is 5. The van der Waals surface area contributed by atoms with Gasteiger partial charge in [0, 0.05) is 11.1 Å². The topological polar surface area (TPSA) is 39.9 Å². The molecule has 6 rings (SSSR count). The molecule has 0 fully saturated rings. The minimum Gasteiger partial charge on any atom is -0.489 e. The van der Waals surface area contributed by atoms with Crippen LogP contribution in [-0.4, -0.2) is 14.8 Å². The molecule has 0 aliphatic rings. The van der Waals surface area contributed by atoms with Gasteiger partial charge in [-0.2, -0.15) is 18.3 Å². The third-order valence-corrected chi connectivity index (χ3v) is 7.83. The van der Waals surface area contributed by atoms with Gasteiger partial charge in [0.25, 0.3) is 0 Å². The average Bonchev–Trinajstić information content (AvgIpc) is 3.37. The lowest BCUT2D eigenvalue weighted by molar-refractivity contribution is -0.136. The van der Waals surface area contributed by atoms with Gasteiger partial charge in [0.15, 0.2) is 5.65 Å². The first-order chi connectivity index (χ1) is 20.6. The third-order valence-electron chi connectivity index (χ3n) is 7.09. The molecule has 216 valence electrons. The van der Waals surface area contributed by atoms with E-state index in [0.717, 1.165) is 22.8 Å². The summed E-state index contributed by atoms with van der Waals surface area (Å²) in [5.74, 6) is 0.540. The molecule has 0 N–H and O–H groups in total. The fraction of sp³-hybridized carbons (Fsp3) is 0.118. The Kier molecular flexibility index (Phi) is 7.63. The Bertz CT molecular complexity index is 1930. The summed E-state index contributed by atoms with van der Waals surface area (Å²) in [6.45, 7) is 4.11. The molecule has 0 amide bonds. The average molecular weight is 618 g/mol. The lowest BCUT2D eigenvalue weighted by Crippen LogP contribution is -2.08. The van der Waals surface area contributed by atoms with E-state index in [2.05, 4.69) is 0 Å². The number of aromatic nitrogens is 3. The van der Waals surface area contributed by atoms with Gasteiger partial charge < -0.3 is 4.74 Å². The number of hydrogen-bond acceptors (Lipinski definition) is 3. The second kappa shape index (κ2) is 11.4. The Morgan fingerprint density at radius 2 is 1.37 bits per heavy atom. The first kappa shape index (κ1) is 28.8. The molecule has 0 radical (unpaired) electrons. The van der Waals surface area contributed by atoms with E-state index in [4.69, 9.17) is 38.0 Å². The van der Waals surface area contributed by atoms with Gasteiger partial charge in [-0.15, -0.1) is 0 Å². The Balaban J connectivity index is 1.45. The number of nitrogens with zero attached hydrogens (tertiary/aromatic N) is 3. The molecule has 0 saturated heterocycles. The number of hydrogen-bond donors (Lipinski definition) is 0. The highest BCUT2D eigenvalue weighted by Crippen LogP contribution is 2.42. The minimum absolute atomic E-state index is 0.0535. The summed E-state index contributed by atoms with van der Waals surface area (Å²) in [5, 5.41) is 5.52. The number of ether oxygens (including phenoxy) is 1. The Hall–Kier alpha value is -4.33. The van der Waals surface area contributed by atoms with Crippen molar-refractivity contribution >= 4 is 34.2 Å². The second-order valence-electron chi connectivity index (χ2n) is 10.3. The Labute approximate surface area is 256 Å². The zero-order valence-corrected chi connectivity index (χ0v) is 24.6. The van der Waals surface area contributed by atoms with Gasteiger partial charge in [-0.25, -0.2) is 9.67 Å². The molecule has 0 saturated carbocycles. The zero-order valence-electron chi connectivity index (χ0n) is 23.1. The summed E-state index contributed by atoms with van der Waals surface area (Å²) in [6, 6.07) is 27.8. The Morgan fingerprint density at radius 3 is 2.00 bits per heavy atom. The highest BCUT2D eigenvalue weighted by atomic mass is 35.5. The molecule has 0 bridgehead atoms. The van der Waals surface area contributed by atoms with Gasteiger partial charge in [0.05, 0.1) is 32.4 Å². The van der Waals surface area contributed by atoms with Crippen LogP contribution in [0.3, 0.4) is 0 Å². The van der Waals surface area contributed by atoms with Gasteiger partial charge in [-0.1, -0.05) is 76.8 Å². The van der Waals surface area contributed by atoms with Crippen molar-refractivity contribution in [2.75, 3.05) is 0 Å². The van der Waals surface area contributed by atoms with Crippen molar-refractivity contribution in [1.82, 2.24) is 14.8 Å². The number of pyridine rings is 1. The van der Waals surface area contributed by atoms with E-state index >= 15 is 0 Å². The summed E-state index contributed by atoms with van der Waals surface area (Å²) in [5.41, 5.74) is 4.22. The van der Waals surface area contributed by atoms with Crippen molar-refractivity contribution < 1.29 is 17.9 Å². The van der Waals surface area contributed by atoms with Crippen LogP contribution in [0.2, 0.25) is 10.0 Å². The molecule has 2 aromatic heterocycles. The highest BCUT2D eigenvalue weighted by Gasteiger charge is 2.36. The van der Waals surface area contributed by atoms with E-state index in [1.807, 2.05) is 56.3 Å². The van der Waals surface area contributed by atoms with E-state index in [-0.39, 0.29) is 29.0 Å². The number of rotatable bonds is 6. The molecular weight excluding hydrogens is 594 g/mol. The van der Waals surface area contributed by atoms with E-state index in [1.54, 1.807) is 48.5 Å². The van der Waals surface area contributed by atoms with Crippen molar-refractivity contribution in [3.8, 4) is 34.0 Å². The van der Waals surface area contributed by atoms with E-state index in [9.17, 15) is 13.2 Å². The predicted molar refractivity (Wildman–Crippen MR) is 165 cm³/mol. The monoisotopic (exact) mass is 617 g/mol. The fourth-order valence-electron chi connectivity index (χ4n) is 4.78. The van der Waals surface area contributed by atoms with Crippen LogP contribution in [0.15, 0.2) is 97.1 Å². The molecule has 2 heterocycles.